The van der Waals surface area contributed by atoms with Crippen LogP contribution in [0, 0.1) is 11.7 Å². The van der Waals surface area contributed by atoms with Crippen LogP contribution in [0.3, 0.4) is 0 Å². The third kappa shape index (κ3) is 6.79. The monoisotopic (exact) mass is 438 g/mol. The number of hydrogen-bond donors (Lipinski definition) is 0. The van der Waals surface area contributed by atoms with Crippen LogP contribution >= 0.6 is 0 Å². The van der Waals surface area contributed by atoms with Crippen molar-refractivity contribution in [1.29, 1.82) is 0 Å². The Morgan fingerprint density at radius 2 is 1.71 bits per heavy atom. The minimum atomic E-state index is -4.85. The number of ether oxygens (including phenoxy) is 2. The third-order valence-corrected chi connectivity index (χ3v) is 5.79. The van der Waals surface area contributed by atoms with Gasteiger partial charge in [-0.1, -0.05) is 38.0 Å². The van der Waals surface area contributed by atoms with Gasteiger partial charge < -0.3 is 4.74 Å². The van der Waals surface area contributed by atoms with Crippen LogP contribution in [0.2, 0.25) is 0 Å². The van der Waals surface area contributed by atoms with Gasteiger partial charge in [-0.05, 0) is 61.3 Å². The highest BCUT2D eigenvalue weighted by molar-refractivity contribution is 5.91. The SMILES string of the molecule is CCCC1CCC(c2ccc(C(=O)Oc3ccc(COC(F)(F)F)c(F)c3)cc2)CC1. The lowest BCUT2D eigenvalue weighted by molar-refractivity contribution is -0.330. The Bertz CT molecular complexity index is 869. The molecule has 0 bridgehead atoms. The van der Waals surface area contributed by atoms with Gasteiger partial charge in [0.25, 0.3) is 0 Å². The lowest BCUT2D eigenvalue weighted by Gasteiger charge is -2.28. The van der Waals surface area contributed by atoms with Gasteiger partial charge in [0.2, 0.25) is 0 Å². The standard InChI is InChI=1S/C24H26F4O3/c1-2-3-16-4-6-17(7-5-16)18-8-10-19(11-9-18)23(29)31-21-13-12-20(22(25)14-21)15-30-24(26,27)28/h8-14,16-17H,2-7,15H2,1H3. The molecule has 168 valence electrons. The Morgan fingerprint density at radius 3 is 2.29 bits per heavy atom. The summed E-state index contributed by atoms with van der Waals surface area (Å²) in [6, 6.07) is 10.4. The minimum absolute atomic E-state index is 0.0865. The number of esters is 1. The molecule has 0 atom stereocenters. The molecule has 0 heterocycles. The van der Waals surface area contributed by atoms with E-state index in [0.717, 1.165) is 30.9 Å². The third-order valence-electron chi connectivity index (χ3n) is 5.79. The fourth-order valence-electron chi connectivity index (χ4n) is 4.12. The molecule has 0 spiro atoms. The van der Waals surface area contributed by atoms with Crippen LogP contribution in [0.4, 0.5) is 17.6 Å². The number of benzene rings is 2. The molecule has 1 aliphatic carbocycles. The second-order valence-electron chi connectivity index (χ2n) is 8.01. The van der Waals surface area contributed by atoms with Crippen molar-refractivity contribution < 1.29 is 31.8 Å². The Kier molecular flexibility index (Phi) is 7.70. The molecule has 1 fully saturated rings. The molecule has 0 amide bonds. The highest BCUT2D eigenvalue weighted by Crippen LogP contribution is 2.37. The number of rotatable bonds is 7. The molecule has 0 saturated heterocycles. The summed E-state index contributed by atoms with van der Waals surface area (Å²) in [5.74, 6) is -0.363. The largest absolute Gasteiger partial charge is 0.522 e. The summed E-state index contributed by atoms with van der Waals surface area (Å²) in [6.07, 6.45) is 2.43. The highest BCUT2D eigenvalue weighted by Gasteiger charge is 2.29. The van der Waals surface area contributed by atoms with E-state index in [9.17, 15) is 22.4 Å². The maximum atomic E-state index is 14.0. The zero-order valence-electron chi connectivity index (χ0n) is 17.4. The number of hydrogen-bond acceptors (Lipinski definition) is 3. The summed E-state index contributed by atoms with van der Waals surface area (Å²) in [6.45, 7) is 1.26. The Balaban J connectivity index is 1.56. The van der Waals surface area contributed by atoms with Gasteiger partial charge in [-0.15, -0.1) is 13.2 Å². The fraction of sp³-hybridized carbons (Fsp3) is 0.458. The van der Waals surface area contributed by atoms with Gasteiger partial charge in [-0.25, -0.2) is 9.18 Å². The molecule has 2 aromatic rings. The van der Waals surface area contributed by atoms with Crippen LogP contribution in [0.5, 0.6) is 5.75 Å². The van der Waals surface area contributed by atoms with Crippen molar-refractivity contribution in [3.8, 4) is 5.75 Å². The van der Waals surface area contributed by atoms with E-state index in [1.807, 2.05) is 12.1 Å². The molecule has 31 heavy (non-hydrogen) atoms. The van der Waals surface area contributed by atoms with E-state index in [0.29, 0.717) is 11.5 Å². The van der Waals surface area contributed by atoms with Crippen LogP contribution < -0.4 is 4.74 Å². The maximum absolute atomic E-state index is 14.0. The average Bonchev–Trinajstić information content (AvgIpc) is 2.73. The predicted molar refractivity (Wildman–Crippen MR) is 108 cm³/mol. The van der Waals surface area contributed by atoms with Crippen LogP contribution in [-0.2, 0) is 11.3 Å². The molecule has 2 aromatic carbocycles. The minimum Gasteiger partial charge on any atom is -0.423 e. The van der Waals surface area contributed by atoms with Crippen LogP contribution in [0.25, 0.3) is 0 Å². The van der Waals surface area contributed by atoms with Crippen molar-refractivity contribution in [2.24, 2.45) is 5.92 Å². The van der Waals surface area contributed by atoms with Gasteiger partial charge in [-0.3, -0.25) is 4.74 Å². The van der Waals surface area contributed by atoms with Crippen molar-refractivity contribution in [2.45, 2.75) is 64.3 Å². The Hall–Kier alpha value is -2.41. The predicted octanol–water partition coefficient (Wildman–Crippen LogP) is 7.16. The summed E-state index contributed by atoms with van der Waals surface area (Å²) in [5.41, 5.74) is 1.25. The normalized spacial score (nSPS) is 19.3. The molecule has 1 saturated carbocycles. The molecule has 0 N–H and O–H groups in total. The van der Waals surface area contributed by atoms with Crippen molar-refractivity contribution in [3.63, 3.8) is 0 Å². The van der Waals surface area contributed by atoms with E-state index in [2.05, 4.69) is 11.7 Å². The van der Waals surface area contributed by atoms with E-state index >= 15 is 0 Å². The lowest BCUT2D eigenvalue weighted by Crippen LogP contribution is -2.14. The van der Waals surface area contributed by atoms with Gasteiger partial charge >= 0.3 is 12.3 Å². The number of alkyl halides is 3. The fourth-order valence-corrected chi connectivity index (χ4v) is 4.12. The Labute approximate surface area is 179 Å². The smallest absolute Gasteiger partial charge is 0.423 e. The van der Waals surface area contributed by atoms with Crippen molar-refractivity contribution in [3.05, 3.63) is 65.0 Å². The molecule has 3 rings (SSSR count). The van der Waals surface area contributed by atoms with E-state index in [1.54, 1.807) is 12.1 Å². The molecule has 1 aliphatic rings. The topological polar surface area (TPSA) is 35.5 Å². The molecule has 0 radical (unpaired) electrons. The zero-order valence-corrected chi connectivity index (χ0v) is 17.4. The molecule has 3 nitrogen and oxygen atoms in total. The summed E-state index contributed by atoms with van der Waals surface area (Å²) in [7, 11) is 0. The van der Waals surface area contributed by atoms with Gasteiger partial charge in [0.15, 0.2) is 0 Å². The van der Waals surface area contributed by atoms with Gasteiger partial charge in [0.1, 0.15) is 11.6 Å². The average molecular weight is 438 g/mol. The molecule has 0 aliphatic heterocycles. The second kappa shape index (κ2) is 10.3. The summed E-state index contributed by atoms with van der Waals surface area (Å²) >= 11 is 0. The van der Waals surface area contributed by atoms with Gasteiger partial charge in [0.05, 0.1) is 12.2 Å². The summed E-state index contributed by atoms with van der Waals surface area (Å²) in [5, 5.41) is 0. The van der Waals surface area contributed by atoms with Crippen LogP contribution in [0.15, 0.2) is 42.5 Å². The van der Waals surface area contributed by atoms with Crippen molar-refractivity contribution in [1.82, 2.24) is 0 Å². The first-order valence-corrected chi connectivity index (χ1v) is 10.6. The number of carbonyl (C=O) groups excluding carboxylic acids is 1. The molecular formula is C24H26F4O3. The number of halogens is 4. The maximum Gasteiger partial charge on any atom is 0.522 e. The quantitative estimate of drug-likeness (QED) is 0.261. The summed E-state index contributed by atoms with van der Waals surface area (Å²) in [4.78, 5) is 12.4. The summed E-state index contributed by atoms with van der Waals surface area (Å²) < 4.78 is 59.0. The van der Waals surface area contributed by atoms with E-state index in [-0.39, 0.29) is 11.3 Å². The van der Waals surface area contributed by atoms with Crippen LogP contribution in [0.1, 0.15) is 72.9 Å². The highest BCUT2D eigenvalue weighted by atomic mass is 19.4. The van der Waals surface area contributed by atoms with Gasteiger partial charge in [-0.2, -0.15) is 0 Å². The van der Waals surface area contributed by atoms with E-state index in [1.165, 1.54) is 37.3 Å². The molecule has 0 unspecified atom stereocenters. The Morgan fingerprint density at radius 1 is 1.03 bits per heavy atom. The van der Waals surface area contributed by atoms with Crippen molar-refractivity contribution in [2.75, 3.05) is 0 Å². The first kappa shape index (κ1) is 23.3. The van der Waals surface area contributed by atoms with Gasteiger partial charge in [0, 0.05) is 11.6 Å². The van der Waals surface area contributed by atoms with Crippen molar-refractivity contribution >= 4 is 5.97 Å². The lowest BCUT2D eigenvalue weighted by atomic mass is 9.77. The van der Waals surface area contributed by atoms with Crippen LogP contribution in [-0.4, -0.2) is 12.3 Å². The second-order valence-corrected chi connectivity index (χ2v) is 8.01. The zero-order chi connectivity index (χ0) is 22.4. The molecular weight excluding hydrogens is 412 g/mol. The first-order chi connectivity index (χ1) is 14.7. The molecule has 7 heteroatoms. The van der Waals surface area contributed by atoms with E-state index in [4.69, 9.17) is 4.74 Å². The van der Waals surface area contributed by atoms with E-state index < -0.39 is 24.8 Å². The molecule has 0 aromatic heterocycles. The number of carbonyl (C=O) groups is 1. The first-order valence-electron chi connectivity index (χ1n) is 10.6.